The molecule has 3 aromatic rings. The zero-order valence-corrected chi connectivity index (χ0v) is 14.4. The molecule has 1 aromatic heterocycles. The van der Waals surface area contributed by atoms with Gasteiger partial charge in [-0.25, -0.2) is 4.79 Å². The molecule has 0 aliphatic carbocycles. The normalized spacial score (nSPS) is 11.3. The highest BCUT2D eigenvalue weighted by molar-refractivity contribution is 6.42. The highest BCUT2D eigenvalue weighted by atomic mass is 35.5. The van der Waals surface area contributed by atoms with Gasteiger partial charge < -0.3 is 9.52 Å². The molecule has 0 aliphatic rings. The number of fused-ring (bicyclic) bond motifs is 1. The maximum Gasteiger partial charge on any atom is 0.336 e. The number of halogens is 2. The van der Waals surface area contributed by atoms with E-state index in [0.717, 1.165) is 16.5 Å². The predicted molar refractivity (Wildman–Crippen MR) is 95.8 cm³/mol. The van der Waals surface area contributed by atoms with Crippen LogP contribution in [0.5, 0.6) is 5.75 Å². The summed E-state index contributed by atoms with van der Waals surface area (Å²) >= 11 is 12.0. The van der Waals surface area contributed by atoms with Crippen LogP contribution in [-0.2, 0) is 13.1 Å². The van der Waals surface area contributed by atoms with Gasteiger partial charge in [0, 0.05) is 30.6 Å². The van der Waals surface area contributed by atoms with Crippen LogP contribution in [0.3, 0.4) is 0 Å². The highest BCUT2D eigenvalue weighted by Crippen LogP contribution is 2.25. The van der Waals surface area contributed by atoms with Gasteiger partial charge in [-0.2, -0.15) is 0 Å². The zero-order valence-electron chi connectivity index (χ0n) is 12.9. The standard InChI is InChI=1S/C18H15Cl2NO3/c1-21(9-11-2-5-15(19)16(20)6-11)10-12-7-18(23)24-17-8-13(22)3-4-14(12)17/h2-8,22H,9-10H2,1H3. The Labute approximate surface area is 148 Å². The van der Waals surface area contributed by atoms with Crippen molar-refractivity contribution in [2.24, 2.45) is 0 Å². The molecule has 6 heteroatoms. The Kier molecular flexibility index (Phi) is 4.81. The van der Waals surface area contributed by atoms with Gasteiger partial charge in [0.15, 0.2) is 0 Å². The van der Waals surface area contributed by atoms with Crippen LogP contribution in [0.1, 0.15) is 11.1 Å². The van der Waals surface area contributed by atoms with Gasteiger partial charge >= 0.3 is 5.63 Å². The van der Waals surface area contributed by atoms with Crippen LogP contribution in [0.4, 0.5) is 0 Å². The quantitative estimate of drug-likeness (QED) is 0.696. The first-order chi connectivity index (χ1) is 11.4. The van der Waals surface area contributed by atoms with E-state index in [1.54, 1.807) is 18.2 Å². The van der Waals surface area contributed by atoms with Gasteiger partial charge in [-0.3, -0.25) is 4.90 Å². The number of phenolic OH excluding ortho intramolecular Hbond substituents is 1. The summed E-state index contributed by atoms with van der Waals surface area (Å²) in [5.74, 6) is 0.0620. The summed E-state index contributed by atoms with van der Waals surface area (Å²) < 4.78 is 5.15. The second-order valence-electron chi connectivity index (χ2n) is 5.69. The molecule has 4 nitrogen and oxygen atoms in total. The molecule has 0 aliphatic heterocycles. The maximum atomic E-state index is 11.7. The molecule has 0 bridgehead atoms. The molecule has 0 saturated heterocycles. The van der Waals surface area contributed by atoms with E-state index in [4.69, 9.17) is 27.6 Å². The average Bonchev–Trinajstić information content (AvgIpc) is 2.50. The fourth-order valence-corrected chi connectivity index (χ4v) is 2.97. The molecule has 0 saturated carbocycles. The van der Waals surface area contributed by atoms with Crippen LogP contribution >= 0.6 is 23.2 Å². The van der Waals surface area contributed by atoms with Crippen molar-refractivity contribution in [1.82, 2.24) is 4.90 Å². The van der Waals surface area contributed by atoms with Crippen LogP contribution in [0.2, 0.25) is 10.0 Å². The Hall–Kier alpha value is -2.01. The molecule has 0 unspecified atom stereocenters. The van der Waals surface area contributed by atoms with Crippen LogP contribution in [-0.4, -0.2) is 17.1 Å². The van der Waals surface area contributed by atoms with Crippen molar-refractivity contribution in [3.05, 3.63) is 74.1 Å². The molecule has 2 aromatic carbocycles. The van der Waals surface area contributed by atoms with Gasteiger partial charge in [0.2, 0.25) is 0 Å². The fraction of sp³-hybridized carbons (Fsp3) is 0.167. The lowest BCUT2D eigenvalue weighted by atomic mass is 10.1. The number of nitrogens with zero attached hydrogens (tertiary/aromatic N) is 1. The van der Waals surface area contributed by atoms with Crippen molar-refractivity contribution in [2.45, 2.75) is 13.1 Å². The molecule has 0 spiro atoms. The number of phenols is 1. The van der Waals surface area contributed by atoms with Gasteiger partial charge in [0.05, 0.1) is 10.0 Å². The van der Waals surface area contributed by atoms with Crippen molar-refractivity contribution >= 4 is 34.2 Å². The molecular formula is C18H15Cl2NO3. The summed E-state index contributed by atoms with van der Waals surface area (Å²) in [4.78, 5) is 13.8. The smallest absolute Gasteiger partial charge is 0.336 e. The Morgan fingerprint density at radius 3 is 2.58 bits per heavy atom. The number of hydrogen-bond acceptors (Lipinski definition) is 4. The molecule has 124 valence electrons. The van der Waals surface area contributed by atoms with E-state index in [1.165, 1.54) is 12.1 Å². The monoisotopic (exact) mass is 363 g/mol. The van der Waals surface area contributed by atoms with Crippen LogP contribution in [0.15, 0.2) is 51.7 Å². The van der Waals surface area contributed by atoms with E-state index in [-0.39, 0.29) is 5.75 Å². The average molecular weight is 364 g/mol. The van der Waals surface area contributed by atoms with Crippen molar-refractivity contribution in [1.29, 1.82) is 0 Å². The van der Waals surface area contributed by atoms with Crippen LogP contribution in [0.25, 0.3) is 11.0 Å². The minimum absolute atomic E-state index is 0.0620. The lowest BCUT2D eigenvalue weighted by Gasteiger charge is -2.18. The topological polar surface area (TPSA) is 53.7 Å². The Morgan fingerprint density at radius 1 is 1.04 bits per heavy atom. The van der Waals surface area contributed by atoms with E-state index in [9.17, 15) is 9.90 Å². The molecular weight excluding hydrogens is 349 g/mol. The van der Waals surface area contributed by atoms with Crippen LogP contribution < -0.4 is 5.63 Å². The summed E-state index contributed by atoms with van der Waals surface area (Å²) in [6, 6.07) is 11.8. The summed E-state index contributed by atoms with van der Waals surface area (Å²) in [6.45, 7) is 1.20. The molecule has 0 fully saturated rings. The third-order valence-corrected chi connectivity index (χ3v) is 4.43. The molecule has 24 heavy (non-hydrogen) atoms. The first kappa shape index (κ1) is 16.8. The van der Waals surface area contributed by atoms with Crippen molar-refractivity contribution in [3.63, 3.8) is 0 Å². The number of hydrogen-bond donors (Lipinski definition) is 1. The first-order valence-corrected chi connectivity index (χ1v) is 8.06. The number of aromatic hydroxyl groups is 1. The second kappa shape index (κ2) is 6.85. The summed E-state index contributed by atoms with van der Waals surface area (Å²) in [5.41, 5.74) is 1.80. The van der Waals surface area contributed by atoms with E-state index >= 15 is 0 Å². The van der Waals surface area contributed by atoms with Gasteiger partial charge in [0.1, 0.15) is 11.3 Å². The van der Waals surface area contributed by atoms with Gasteiger partial charge in [0.25, 0.3) is 0 Å². The minimum Gasteiger partial charge on any atom is -0.508 e. The second-order valence-corrected chi connectivity index (χ2v) is 6.51. The van der Waals surface area contributed by atoms with Crippen molar-refractivity contribution in [2.75, 3.05) is 7.05 Å². The van der Waals surface area contributed by atoms with E-state index < -0.39 is 5.63 Å². The van der Waals surface area contributed by atoms with Gasteiger partial charge in [-0.05, 0) is 42.4 Å². The molecule has 0 amide bonds. The zero-order chi connectivity index (χ0) is 17.3. The lowest BCUT2D eigenvalue weighted by molar-refractivity contribution is 0.319. The summed E-state index contributed by atoms with van der Waals surface area (Å²) in [7, 11) is 1.95. The molecule has 1 N–H and O–H groups in total. The Morgan fingerprint density at radius 2 is 1.83 bits per heavy atom. The summed E-state index contributed by atoms with van der Waals surface area (Å²) in [5, 5.41) is 11.4. The largest absolute Gasteiger partial charge is 0.508 e. The van der Waals surface area contributed by atoms with Crippen LogP contribution in [0, 0.1) is 0 Å². The lowest BCUT2D eigenvalue weighted by Crippen LogP contribution is -2.18. The minimum atomic E-state index is -0.439. The number of rotatable bonds is 4. The molecule has 3 rings (SSSR count). The molecule has 0 radical (unpaired) electrons. The van der Waals surface area contributed by atoms with E-state index in [2.05, 4.69) is 4.90 Å². The van der Waals surface area contributed by atoms with Crippen molar-refractivity contribution < 1.29 is 9.52 Å². The Bertz CT molecular complexity index is 953. The SMILES string of the molecule is CN(Cc1ccc(Cl)c(Cl)c1)Cc1cc(=O)oc2cc(O)ccc12. The maximum absolute atomic E-state index is 11.7. The van der Waals surface area contributed by atoms with Gasteiger partial charge in [-0.1, -0.05) is 29.3 Å². The van der Waals surface area contributed by atoms with E-state index in [1.807, 2.05) is 19.2 Å². The third kappa shape index (κ3) is 3.73. The number of benzene rings is 2. The van der Waals surface area contributed by atoms with E-state index in [0.29, 0.717) is 28.7 Å². The highest BCUT2D eigenvalue weighted by Gasteiger charge is 2.10. The Balaban J connectivity index is 1.86. The third-order valence-electron chi connectivity index (χ3n) is 3.69. The molecule has 0 atom stereocenters. The van der Waals surface area contributed by atoms with Gasteiger partial charge in [-0.15, -0.1) is 0 Å². The molecule has 1 heterocycles. The summed E-state index contributed by atoms with van der Waals surface area (Å²) in [6.07, 6.45) is 0. The van der Waals surface area contributed by atoms with Crippen molar-refractivity contribution in [3.8, 4) is 5.75 Å². The fourth-order valence-electron chi connectivity index (χ4n) is 2.65. The predicted octanol–water partition coefficient (Wildman–Crippen LogP) is 4.44. The first-order valence-electron chi connectivity index (χ1n) is 7.30.